The van der Waals surface area contributed by atoms with Crippen molar-refractivity contribution in [1.29, 1.82) is 0 Å². The molecule has 3 rings (SSSR count). The topological polar surface area (TPSA) is 115 Å². The van der Waals surface area contributed by atoms with Crippen LogP contribution in [-0.2, 0) is 14.3 Å². The van der Waals surface area contributed by atoms with Crippen molar-refractivity contribution in [2.45, 2.75) is 19.8 Å². The van der Waals surface area contributed by atoms with Gasteiger partial charge in [-0.3, -0.25) is 14.6 Å². The van der Waals surface area contributed by atoms with Crippen LogP contribution in [0.3, 0.4) is 0 Å². The van der Waals surface area contributed by atoms with Gasteiger partial charge in [-0.05, 0) is 31.9 Å². The van der Waals surface area contributed by atoms with Crippen LogP contribution >= 0.6 is 11.3 Å². The first-order valence-corrected chi connectivity index (χ1v) is 9.40. The van der Waals surface area contributed by atoms with Crippen LogP contribution in [0, 0.1) is 12.8 Å². The maximum absolute atomic E-state index is 12.4. The van der Waals surface area contributed by atoms with E-state index in [4.69, 9.17) is 10.5 Å². The van der Waals surface area contributed by atoms with Crippen molar-refractivity contribution < 1.29 is 19.1 Å². The van der Waals surface area contributed by atoms with Gasteiger partial charge in [-0.15, -0.1) is 11.3 Å². The molecule has 2 N–H and O–H groups in total. The van der Waals surface area contributed by atoms with Crippen LogP contribution in [0.2, 0.25) is 0 Å². The number of esters is 1. The lowest BCUT2D eigenvalue weighted by Gasteiger charge is -2.30. The summed E-state index contributed by atoms with van der Waals surface area (Å²) in [6.07, 6.45) is 3.03. The van der Waals surface area contributed by atoms with E-state index in [1.165, 1.54) is 16.2 Å². The Bertz CT molecular complexity index is 852. The summed E-state index contributed by atoms with van der Waals surface area (Å²) in [5, 5.41) is 0.617. The van der Waals surface area contributed by atoms with Gasteiger partial charge in [-0.25, -0.2) is 9.78 Å². The summed E-state index contributed by atoms with van der Waals surface area (Å²) in [6, 6.07) is 5.45. The number of ether oxygens (including phenoxy) is 1. The number of thiazole rings is 1. The minimum Gasteiger partial charge on any atom is -0.451 e. The molecule has 0 spiro atoms. The average Bonchev–Trinajstić information content (AvgIpc) is 3.08. The van der Waals surface area contributed by atoms with Gasteiger partial charge < -0.3 is 15.4 Å². The Morgan fingerprint density at radius 3 is 2.89 bits per heavy atom. The fraction of sp³-hybridized carbons (Fsp3) is 0.389. The fourth-order valence-corrected chi connectivity index (χ4v) is 3.84. The van der Waals surface area contributed by atoms with E-state index in [-0.39, 0.29) is 25.0 Å². The Balaban J connectivity index is 1.60. The molecule has 1 fully saturated rings. The van der Waals surface area contributed by atoms with Crippen LogP contribution in [0.25, 0.3) is 10.7 Å². The number of primary amides is 1. The highest BCUT2D eigenvalue weighted by atomic mass is 32.1. The first-order valence-electron chi connectivity index (χ1n) is 8.58. The summed E-state index contributed by atoms with van der Waals surface area (Å²) in [7, 11) is 0. The number of carbonyl (C=O) groups is 3. The quantitative estimate of drug-likeness (QED) is 0.774. The molecule has 9 heteroatoms. The molecule has 1 aliphatic heterocycles. The summed E-state index contributed by atoms with van der Waals surface area (Å²) >= 11 is 1.18. The second-order valence-electron chi connectivity index (χ2n) is 6.31. The third kappa shape index (κ3) is 4.48. The van der Waals surface area contributed by atoms with Gasteiger partial charge in [0.05, 0.1) is 17.3 Å². The zero-order chi connectivity index (χ0) is 19.4. The number of likely N-dealkylation sites (tertiary alicyclic amines) is 1. The third-order valence-corrected chi connectivity index (χ3v) is 5.53. The molecular weight excluding hydrogens is 368 g/mol. The lowest BCUT2D eigenvalue weighted by molar-refractivity contribution is -0.137. The minimum absolute atomic E-state index is 0.273. The second-order valence-corrected chi connectivity index (χ2v) is 7.31. The van der Waals surface area contributed by atoms with Gasteiger partial charge in [0.25, 0.3) is 5.91 Å². The lowest BCUT2D eigenvalue weighted by Crippen LogP contribution is -2.45. The highest BCUT2D eigenvalue weighted by Crippen LogP contribution is 2.27. The highest BCUT2D eigenvalue weighted by molar-refractivity contribution is 7.17. The lowest BCUT2D eigenvalue weighted by atomic mass is 9.97. The highest BCUT2D eigenvalue weighted by Gasteiger charge is 2.28. The second kappa shape index (κ2) is 8.26. The molecule has 142 valence electrons. The Morgan fingerprint density at radius 2 is 2.19 bits per heavy atom. The number of pyridine rings is 1. The molecule has 0 unspecified atom stereocenters. The maximum atomic E-state index is 12.4. The molecule has 2 aromatic heterocycles. The third-order valence-electron chi connectivity index (χ3n) is 4.37. The number of hydrogen-bond donors (Lipinski definition) is 1. The fourth-order valence-electron chi connectivity index (χ4n) is 2.90. The minimum atomic E-state index is -0.594. The van der Waals surface area contributed by atoms with Gasteiger partial charge in [-0.2, -0.15) is 0 Å². The Labute approximate surface area is 160 Å². The molecule has 2 aromatic rings. The van der Waals surface area contributed by atoms with Gasteiger partial charge in [0, 0.05) is 19.3 Å². The van der Waals surface area contributed by atoms with E-state index in [0.29, 0.717) is 40.7 Å². The molecule has 0 saturated carbocycles. The van der Waals surface area contributed by atoms with Crippen molar-refractivity contribution in [3.8, 4) is 10.7 Å². The molecule has 2 amide bonds. The Hall–Kier alpha value is -2.81. The standard InChI is InChI=1S/C18H20N4O4S/c1-11-15(27-17(21-11)13-6-2-3-7-20-13)18(25)26-10-14(23)22-8-4-5-12(9-22)16(19)24/h2-3,6-7,12H,4-5,8-10H2,1H3,(H2,19,24)/t12-/m1/s1. The molecule has 0 aliphatic carbocycles. The largest absolute Gasteiger partial charge is 0.451 e. The Morgan fingerprint density at radius 1 is 1.37 bits per heavy atom. The summed E-state index contributed by atoms with van der Waals surface area (Å²) < 4.78 is 5.17. The summed E-state index contributed by atoms with van der Waals surface area (Å²) in [5.41, 5.74) is 6.53. The normalized spacial score (nSPS) is 16.8. The van der Waals surface area contributed by atoms with Crippen LogP contribution in [0.4, 0.5) is 0 Å². The number of nitrogens with zero attached hydrogens (tertiary/aromatic N) is 3. The summed E-state index contributed by atoms with van der Waals surface area (Å²) in [4.78, 5) is 46.4. The molecule has 8 nitrogen and oxygen atoms in total. The number of aromatic nitrogens is 2. The van der Waals surface area contributed by atoms with Crippen molar-refractivity contribution in [2.75, 3.05) is 19.7 Å². The molecule has 0 radical (unpaired) electrons. The summed E-state index contributed by atoms with van der Waals surface area (Å²) in [6.45, 7) is 2.14. The van der Waals surface area contributed by atoms with Gasteiger partial charge in [0.1, 0.15) is 9.88 Å². The van der Waals surface area contributed by atoms with Gasteiger partial charge in [0.2, 0.25) is 5.91 Å². The van der Waals surface area contributed by atoms with Gasteiger partial charge >= 0.3 is 5.97 Å². The number of piperidine rings is 1. The van der Waals surface area contributed by atoms with E-state index in [0.717, 1.165) is 0 Å². The van der Waals surface area contributed by atoms with Crippen LogP contribution < -0.4 is 5.73 Å². The number of carbonyl (C=O) groups excluding carboxylic acids is 3. The molecule has 3 heterocycles. The molecular formula is C18H20N4O4S. The van der Waals surface area contributed by atoms with E-state index in [1.54, 1.807) is 19.2 Å². The van der Waals surface area contributed by atoms with E-state index in [2.05, 4.69) is 9.97 Å². The van der Waals surface area contributed by atoms with E-state index in [1.807, 2.05) is 12.1 Å². The van der Waals surface area contributed by atoms with Crippen LogP contribution in [-0.4, -0.2) is 52.3 Å². The first kappa shape index (κ1) is 19.0. The van der Waals surface area contributed by atoms with Crippen LogP contribution in [0.1, 0.15) is 28.2 Å². The summed E-state index contributed by atoms with van der Waals surface area (Å²) in [5.74, 6) is -1.68. The van der Waals surface area contributed by atoms with E-state index in [9.17, 15) is 14.4 Å². The number of amides is 2. The monoisotopic (exact) mass is 388 g/mol. The molecule has 1 atom stereocenters. The molecule has 1 aliphatic rings. The van der Waals surface area contributed by atoms with Gasteiger partial charge in [0.15, 0.2) is 6.61 Å². The van der Waals surface area contributed by atoms with Gasteiger partial charge in [-0.1, -0.05) is 6.07 Å². The molecule has 27 heavy (non-hydrogen) atoms. The number of aryl methyl sites for hydroxylation is 1. The zero-order valence-corrected chi connectivity index (χ0v) is 15.7. The predicted molar refractivity (Wildman–Crippen MR) is 98.9 cm³/mol. The predicted octanol–water partition coefficient (Wildman–Crippen LogP) is 1.39. The van der Waals surface area contributed by atoms with Crippen molar-refractivity contribution >= 4 is 29.1 Å². The van der Waals surface area contributed by atoms with Crippen LogP contribution in [0.15, 0.2) is 24.4 Å². The van der Waals surface area contributed by atoms with E-state index >= 15 is 0 Å². The number of rotatable bonds is 5. The van der Waals surface area contributed by atoms with E-state index < -0.39 is 11.9 Å². The Kier molecular flexibility index (Phi) is 5.80. The molecule has 1 saturated heterocycles. The zero-order valence-electron chi connectivity index (χ0n) is 14.9. The first-order chi connectivity index (χ1) is 13.0. The molecule has 0 bridgehead atoms. The van der Waals surface area contributed by atoms with Crippen molar-refractivity contribution in [3.05, 3.63) is 35.0 Å². The average molecular weight is 388 g/mol. The molecule has 0 aromatic carbocycles. The smallest absolute Gasteiger partial charge is 0.350 e. The SMILES string of the molecule is Cc1nc(-c2ccccn2)sc1C(=O)OCC(=O)N1CCC[C@@H](C(N)=O)C1. The maximum Gasteiger partial charge on any atom is 0.350 e. The number of hydrogen-bond acceptors (Lipinski definition) is 7. The van der Waals surface area contributed by atoms with Crippen molar-refractivity contribution in [3.63, 3.8) is 0 Å². The van der Waals surface area contributed by atoms with Crippen molar-refractivity contribution in [2.24, 2.45) is 11.7 Å². The number of nitrogens with two attached hydrogens (primary N) is 1. The van der Waals surface area contributed by atoms with Crippen molar-refractivity contribution in [1.82, 2.24) is 14.9 Å². The van der Waals surface area contributed by atoms with Crippen LogP contribution in [0.5, 0.6) is 0 Å².